The highest BCUT2D eigenvalue weighted by atomic mass is 32.2. The van der Waals surface area contributed by atoms with Gasteiger partial charge >= 0.3 is 0 Å². The average molecular weight is 361 g/mol. The Labute approximate surface area is 150 Å². The molecule has 2 aromatic rings. The molecule has 2 aliphatic rings. The lowest BCUT2D eigenvalue weighted by Crippen LogP contribution is -2.45. The Morgan fingerprint density at radius 2 is 2.12 bits per heavy atom. The Bertz CT molecular complexity index is 729. The van der Waals surface area contributed by atoms with E-state index in [1.165, 1.54) is 42.1 Å². The first-order valence-electron chi connectivity index (χ1n) is 8.87. The third-order valence-electron chi connectivity index (χ3n) is 5.37. The summed E-state index contributed by atoms with van der Waals surface area (Å²) in [5, 5.41) is 8.65. The number of rotatable bonds is 4. The number of hydrogen-bond acceptors (Lipinski definition) is 6. The van der Waals surface area contributed by atoms with Crippen LogP contribution in [0.1, 0.15) is 32.1 Å². The van der Waals surface area contributed by atoms with Crippen LogP contribution in [0.15, 0.2) is 28.0 Å². The predicted molar refractivity (Wildman–Crippen MR) is 95.2 cm³/mol. The van der Waals surface area contributed by atoms with Gasteiger partial charge in [0.2, 0.25) is 16.9 Å². The molecule has 0 unspecified atom stereocenters. The number of nitrogens with two attached hydrogens (primary N) is 1. The quantitative estimate of drug-likeness (QED) is 0.664. The van der Waals surface area contributed by atoms with Crippen LogP contribution in [0.4, 0.5) is 0 Å². The van der Waals surface area contributed by atoms with E-state index in [-0.39, 0.29) is 5.91 Å². The summed E-state index contributed by atoms with van der Waals surface area (Å²) in [5.41, 5.74) is 0. The molecule has 0 radical (unpaired) electrons. The monoisotopic (exact) mass is 361 g/mol. The Morgan fingerprint density at radius 3 is 2.92 bits per heavy atom. The molecule has 2 atom stereocenters. The van der Waals surface area contributed by atoms with Crippen LogP contribution in [0.3, 0.4) is 0 Å². The van der Waals surface area contributed by atoms with E-state index in [0.717, 1.165) is 25.4 Å². The minimum atomic E-state index is 0.163. The van der Waals surface area contributed by atoms with E-state index in [9.17, 15) is 4.79 Å². The molecular weight excluding hydrogens is 338 g/mol. The summed E-state index contributed by atoms with van der Waals surface area (Å²) in [7, 11) is 0. The van der Waals surface area contributed by atoms with E-state index < -0.39 is 0 Å². The molecule has 0 aromatic carbocycles. The van der Waals surface area contributed by atoms with Crippen LogP contribution >= 0.6 is 11.8 Å². The van der Waals surface area contributed by atoms with Crippen LogP contribution in [-0.4, -0.2) is 44.5 Å². The van der Waals surface area contributed by atoms with Crippen molar-refractivity contribution in [2.24, 2.45) is 11.8 Å². The number of fused-ring (bicyclic) bond motifs is 1. The zero-order chi connectivity index (χ0) is 17.2. The van der Waals surface area contributed by atoms with Gasteiger partial charge in [-0.1, -0.05) is 31.0 Å². The number of carbonyl (C=O) groups excluding carboxylic acids is 1. The van der Waals surface area contributed by atoms with Crippen molar-refractivity contribution >= 4 is 17.7 Å². The molecule has 1 aliphatic carbocycles. The lowest BCUT2D eigenvalue weighted by Gasteiger charge is -2.41. The highest BCUT2D eigenvalue weighted by molar-refractivity contribution is 7.99. The highest BCUT2D eigenvalue weighted by Gasteiger charge is 2.32. The van der Waals surface area contributed by atoms with Crippen molar-refractivity contribution in [2.45, 2.75) is 37.3 Å². The maximum absolute atomic E-state index is 12.6. The van der Waals surface area contributed by atoms with E-state index in [0.29, 0.717) is 28.4 Å². The second kappa shape index (κ2) is 7.11. The molecule has 134 valence electrons. The van der Waals surface area contributed by atoms with Crippen molar-refractivity contribution in [3.63, 3.8) is 0 Å². The van der Waals surface area contributed by atoms with Gasteiger partial charge in [0.1, 0.15) is 0 Å². The summed E-state index contributed by atoms with van der Waals surface area (Å²) < 4.78 is 6.68. The fraction of sp³-hybridized carbons (Fsp3) is 0.588. The molecule has 0 bridgehead atoms. The molecular formula is C17H23N5O2S. The lowest BCUT2D eigenvalue weighted by atomic mass is 9.75. The second-order valence-electron chi connectivity index (χ2n) is 6.88. The number of thioether (sulfide) groups is 1. The number of carbonyl (C=O) groups is 1. The molecule has 0 spiro atoms. The molecule has 2 fully saturated rings. The SMILES string of the molecule is Nn1c(SCC(=O)N2CC[C@H]3CCCC[C@@H]3C2)nnc1-c1ccco1. The van der Waals surface area contributed by atoms with Gasteiger partial charge < -0.3 is 15.2 Å². The first-order chi connectivity index (χ1) is 12.2. The van der Waals surface area contributed by atoms with Gasteiger partial charge in [-0.15, -0.1) is 10.2 Å². The maximum atomic E-state index is 12.6. The zero-order valence-corrected chi connectivity index (χ0v) is 15.0. The summed E-state index contributed by atoms with van der Waals surface area (Å²) in [6.45, 7) is 1.80. The number of nitrogens with zero attached hydrogens (tertiary/aromatic N) is 4. The Morgan fingerprint density at radius 1 is 1.28 bits per heavy atom. The average Bonchev–Trinajstić information content (AvgIpc) is 3.29. The van der Waals surface area contributed by atoms with Crippen LogP contribution in [-0.2, 0) is 4.79 Å². The molecule has 2 aromatic heterocycles. The van der Waals surface area contributed by atoms with Gasteiger partial charge in [0.25, 0.3) is 0 Å². The van der Waals surface area contributed by atoms with Gasteiger partial charge in [0.05, 0.1) is 12.0 Å². The second-order valence-corrected chi connectivity index (χ2v) is 7.82. The largest absolute Gasteiger partial charge is 0.461 e. The molecule has 1 aliphatic heterocycles. The van der Waals surface area contributed by atoms with E-state index in [4.69, 9.17) is 10.3 Å². The Hall–Kier alpha value is -1.96. The topological polar surface area (TPSA) is 90.2 Å². The molecule has 4 rings (SSSR count). The summed E-state index contributed by atoms with van der Waals surface area (Å²) in [4.78, 5) is 14.6. The summed E-state index contributed by atoms with van der Waals surface area (Å²) >= 11 is 1.33. The molecule has 3 heterocycles. The van der Waals surface area contributed by atoms with Crippen molar-refractivity contribution in [3.05, 3.63) is 18.4 Å². The molecule has 2 N–H and O–H groups in total. The van der Waals surface area contributed by atoms with Crippen LogP contribution in [0.25, 0.3) is 11.6 Å². The van der Waals surface area contributed by atoms with Crippen LogP contribution < -0.4 is 5.84 Å². The van der Waals surface area contributed by atoms with Gasteiger partial charge in [-0.25, -0.2) is 4.68 Å². The van der Waals surface area contributed by atoms with Gasteiger partial charge in [-0.3, -0.25) is 4.79 Å². The number of nitrogen functional groups attached to an aromatic ring is 1. The molecule has 1 saturated heterocycles. The van der Waals surface area contributed by atoms with Gasteiger partial charge in [0.15, 0.2) is 5.76 Å². The molecule has 1 saturated carbocycles. The lowest BCUT2D eigenvalue weighted by molar-refractivity contribution is -0.131. The van der Waals surface area contributed by atoms with Crippen LogP contribution in [0, 0.1) is 11.8 Å². The summed E-state index contributed by atoms with van der Waals surface area (Å²) in [5.74, 6) is 9.08. The van der Waals surface area contributed by atoms with E-state index in [1.807, 2.05) is 4.90 Å². The van der Waals surface area contributed by atoms with Crippen molar-refractivity contribution in [2.75, 3.05) is 24.7 Å². The minimum Gasteiger partial charge on any atom is -0.461 e. The fourth-order valence-corrected chi connectivity index (χ4v) is 4.75. The van der Waals surface area contributed by atoms with Gasteiger partial charge in [-0.2, -0.15) is 0 Å². The number of furan rings is 1. The first kappa shape index (κ1) is 16.5. The smallest absolute Gasteiger partial charge is 0.233 e. The van der Waals surface area contributed by atoms with Crippen molar-refractivity contribution in [1.82, 2.24) is 19.8 Å². The Kier molecular flexibility index (Phi) is 4.70. The fourth-order valence-electron chi connectivity index (χ4n) is 3.99. The Balaban J connectivity index is 1.35. The number of amides is 1. The van der Waals surface area contributed by atoms with Crippen molar-refractivity contribution in [3.8, 4) is 11.6 Å². The predicted octanol–water partition coefficient (Wildman–Crippen LogP) is 2.38. The van der Waals surface area contributed by atoms with Crippen molar-refractivity contribution < 1.29 is 9.21 Å². The van der Waals surface area contributed by atoms with Crippen molar-refractivity contribution in [1.29, 1.82) is 0 Å². The van der Waals surface area contributed by atoms with E-state index >= 15 is 0 Å². The highest BCUT2D eigenvalue weighted by Crippen LogP contribution is 2.36. The minimum absolute atomic E-state index is 0.163. The number of piperidine rings is 1. The third kappa shape index (κ3) is 3.40. The molecule has 25 heavy (non-hydrogen) atoms. The molecule has 1 amide bonds. The number of likely N-dealkylation sites (tertiary alicyclic amines) is 1. The first-order valence-corrected chi connectivity index (χ1v) is 9.86. The van der Waals surface area contributed by atoms with Gasteiger partial charge in [-0.05, 0) is 36.8 Å². The molecule has 7 nitrogen and oxygen atoms in total. The van der Waals surface area contributed by atoms with Crippen LogP contribution in [0.2, 0.25) is 0 Å². The summed E-state index contributed by atoms with van der Waals surface area (Å²) in [6.07, 6.45) is 7.99. The van der Waals surface area contributed by atoms with Crippen LogP contribution in [0.5, 0.6) is 0 Å². The van der Waals surface area contributed by atoms with Gasteiger partial charge in [0, 0.05) is 13.1 Å². The normalized spacial score (nSPS) is 23.4. The molecule has 8 heteroatoms. The maximum Gasteiger partial charge on any atom is 0.233 e. The third-order valence-corrected chi connectivity index (χ3v) is 6.30. The number of hydrogen-bond donors (Lipinski definition) is 1. The van der Waals surface area contributed by atoms with E-state index in [2.05, 4.69) is 10.2 Å². The summed E-state index contributed by atoms with van der Waals surface area (Å²) in [6, 6.07) is 3.55. The standard InChI is InChI=1S/C17H23N5O2S/c18-22-16(14-6-3-9-24-14)19-20-17(22)25-11-15(23)21-8-7-12-4-1-2-5-13(12)10-21/h3,6,9,12-13H,1-2,4-5,7-8,10-11,18H2/t12-,13-/m1/s1. The zero-order valence-electron chi connectivity index (χ0n) is 14.1. The number of aromatic nitrogens is 3. The van der Waals surface area contributed by atoms with E-state index in [1.54, 1.807) is 18.4 Å².